The van der Waals surface area contributed by atoms with Crippen molar-refractivity contribution in [2.45, 2.75) is 201 Å². The predicted molar refractivity (Wildman–Crippen MR) is 206 cm³/mol. The van der Waals surface area contributed by atoms with Gasteiger partial charge in [-0.05, 0) is 135 Å². The summed E-state index contributed by atoms with van der Waals surface area (Å²) in [4.78, 5) is 36.1. The van der Waals surface area contributed by atoms with Crippen molar-refractivity contribution < 1.29 is 38.4 Å². The van der Waals surface area contributed by atoms with Crippen LogP contribution in [0.1, 0.15) is 172 Å². The number of hydrogen-bond donors (Lipinski definition) is 1. The van der Waals surface area contributed by atoms with E-state index >= 15 is 0 Å². The minimum atomic E-state index is -0.555. The summed E-state index contributed by atoms with van der Waals surface area (Å²) in [5.41, 5.74) is -1.60. The molecule has 1 aliphatic heterocycles. The van der Waals surface area contributed by atoms with E-state index in [1.165, 1.54) is 32.1 Å². The number of carbonyl (C=O) groups is 3. The molecular weight excluding hydrogens is 668 g/mol. The molecule has 7 unspecified atom stereocenters. The Kier molecular flexibility index (Phi) is 12.0. The first-order chi connectivity index (χ1) is 24.5. The van der Waals surface area contributed by atoms with Crippen LogP contribution in [0.4, 0.5) is 0 Å². The van der Waals surface area contributed by atoms with Gasteiger partial charge in [-0.15, -0.1) is 0 Å². The summed E-state index contributed by atoms with van der Waals surface area (Å²) in [5.74, 6) is 3.05. The highest BCUT2D eigenvalue weighted by atomic mass is 16.6. The van der Waals surface area contributed by atoms with Gasteiger partial charge in [-0.25, -0.2) is 0 Å². The van der Waals surface area contributed by atoms with Gasteiger partial charge in [0.1, 0.15) is 23.4 Å². The van der Waals surface area contributed by atoms with E-state index in [0.29, 0.717) is 36.0 Å². The molecule has 7 atom stereocenters. The van der Waals surface area contributed by atoms with Crippen LogP contribution in [0.15, 0.2) is 12.3 Å². The van der Waals surface area contributed by atoms with E-state index in [0.717, 1.165) is 63.5 Å². The van der Waals surface area contributed by atoms with Gasteiger partial charge in [-0.1, -0.05) is 55.0 Å². The minimum Gasteiger partial charge on any atom is -0.491 e. The van der Waals surface area contributed by atoms with Crippen LogP contribution < -0.4 is 0 Å². The Hall–Kier alpha value is -2.09. The maximum Gasteiger partial charge on any atom is 0.312 e. The van der Waals surface area contributed by atoms with Crippen LogP contribution in [-0.2, 0) is 33.3 Å². The Labute approximate surface area is 321 Å². The molecule has 1 N–H and O–H groups in total. The van der Waals surface area contributed by atoms with Crippen molar-refractivity contribution in [3.05, 3.63) is 12.3 Å². The number of hydrogen-bond acceptors (Lipinski definition) is 8. The minimum absolute atomic E-state index is 0.0729. The molecule has 0 aromatic carbocycles. The molecule has 0 amide bonds. The van der Waals surface area contributed by atoms with Crippen LogP contribution >= 0.6 is 0 Å². The monoisotopic (exact) mass is 743 g/mol. The normalized spacial score (nSPS) is 35.9. The molecule has 0 aromatic heterocycles. The summed E-state index contributed by atoms with van der Waals surface area (Å²) >= 11 is 0. The zero-order valence-corrected chi connectivity index (χ0v) is 35.2. The molecule has 53 heavy (non-hydrogen) atoms. The molecule has 1 heterocycles. The second-order valence-electron chi connectivity index (χ2n) is 20.7. The highest BCUT2D eigenvalue weighted by Gasteiger charge is 2.64. The maximum atomic E-state index is 12.4. The lowest BCUT2D eigenvalue weighted by Gasteiger charge is -2.59. The lowest BCUT2D eigenvalue weighted by atomic mass is 9.52. The highest BCUT2D eigenvalue weighted by molar-refractivity contribution is 5.78. The summed E-state index contributed by atoms with van der Waals surface area (Å²) in [5, 5.41) is 10.6. The largest absolute Gasteiger partial charge is 0.491 e. The fourth-order valence-electron chi connectivity index (χ4n) is 10.6. The van der Waals surface area contributed by atoms with Crippen molar-refractivity contribution in [1.82, 2.24) is 0 Å². The number of ether oxygens (including phenoxy) is 4. The molecule has 1 saturated heterocycles. The standard InChI is InChI=1S/C16H26O3.C15H28O.C14H20O4/c1-4-14(2,3)13(17)19-16-8-11-5-12(9-16)7-15(18,6-11)10-16;1-7-14(5,6)13(4)16-15(12(2)3)10-8-9-11-15;1-4-14(2,3)13(16)18-10-7-5-8-9(6-7)12(15)17-11(8)10/h11-12,18H,4-10H2,1-3H3;12H,4,7-11H2,1-3,5-6H3;7-11H,4-6H2,1-3H3. The maximum absolute atomic E-state index is 12.4. The molecule has 8 heteroatoms. The fraction of sp³-hybridized carbons (Fsp3) is 0.889. The Morgan fingerprint density at radius 3 is 1.89 bits per heavy atom. The van der Waals surface area contributed by atoms with Gasteiger partial charge in [0.2, 0.25) is 0 Å². The number of carbonyl (C=O) groups excluding carboxylic acids is 3. The molecule has 0 radical (unpaired) electrons. The molecule has 0 spiro atoms. The summed E-state index contributed by atoms with van der Waals surface area (Å²) in [7, 11) is 0. The van der Waals surface area contributed by atoms with Gasteiger partial charge in [-0.3, -0.25) is 14.4 Å². The van der Waals surface area contributed by atoms with E-state index in [4.69, 9.17) is 18.9 Å². The number of fused-ring (bicyclic) bond motifs is 1. The average Bonchev–Trinajstić information content (AvgIpc) is 3.84. The Bertz CT molecular complexity index is 1350. The first-order valence-electron chi connectivity index (χ1n) is 21.3. The lowest BCUT2D eigenvalue weighted by Crippen LogP contribution is -2.61. The predicted octanol–water partition coefficient (Wildman–Crippen LogP) is 9.89. The summed E-state index contributed by atoms with van der Waals surface area (Å²) in [6.07, 6.45) is 14.7. The second-order valence-corrected chi connectivity index (χ2v) is 20.7. The number of rotatable bonds is 11. The van der Waals surface area contributed by atoms with E-state index in [2.05, 4.69) is 41.2 Å². The summed E-state index contributed by atoms with van der Waals surface area (Å²) < 4.78 is 23.3. The fourth-order valence-corrected chi connectivity index (χ4v) is 10.6. The zero-order valence-electron chi connectivity index (χ0n) is 35.2. The molecule has 7 saturated carbocycles. The Balaban J connectivity index is 0.000000154. The zero-order chi connectivity index (χ0) is 39.4. The average molecular weight is 743 g/mol. The van der Waals surface area contributed by atoms with Crippen molar-refractivity contribution in [1.29, 1.82) is 0 Å². The first-order valence-corrected chi connectivity index (χ1v) is 21.3. The SMILES string of the molecule is C=C(OC1(C(C)C)CCCC1)C(C)(C)CC.CCC(C)(C)C(=O)OC12CC3CC(CC(O)(C3)C1)C2.CCC(C)(C)C(=O)OC1C2CC3C(=O)OC1C3C2. The van der Waals surface area contributed by atoms with Crippen LogP contribution in [-0.4, -0.2) is 52.0 Å². The van der Waals surface area contributed by atoms with Crippen molar-refractivity contribution in [3.8, 4) is 0 Å². The quantitative estimate of drug-likeness (QED) is 0.127. The molecule has 8 nitrogen and oxygen atoms in total. The Morgan fingerprint density at radius 2 is 1.38 bits per heavy atom. The van der Waals surface area contributed by atoms with Gasteiger partial charge in [0, 0.05) is 23.7 Å². The number of aliphatic hydroxyl groups is 1. The molecule has 8 fully saturated rings. The van der Waals surface area contributed by atoms with E-state index in [-0.39, 0.29) is 52.7 Å². The first kappa shape index (κ1) is 42.1. The van der Waals surface area contributed by atoms with Crippen LogP contribution in [0.25, 0.3) is 0 Å². The van der Waals surface area contributed by atoms with E-state index in [9.17, 15) is 19.5 Å². The third-order valence-electron chi connectivity index (χ3n) is 15.3. The topological polar surface area (TPSA) is 108 Å². The van der Waals surface area contributed by atoms with Gasteiger partial charge >= 0.3 is 17.9 Å². The molecule has 8 aliphatic rings. The van der Waals surface area contributed by atoms with Crippen molar-refractivity contribution in [2.24, 2.45) is 51.8 Å². The van der Waals surface area contributed by atoms with Crippen molar-refractivity contribution in [3.63, 3.8) is 0 Å². The van der Waals surface area contributed by atoms with Crippen LogP contribution in [0.5, 0.6) is 0 Å². The smallest absolute Gasteiger partial charge is 0.312 e. The van der Waals surface area contributed by atoms with Crippen LogP contribution in [0.3, 0.4) is 0 Å². The second kappa shape index (κ2) is 15.1. The molecule has 302 valence electrons. The van der Waals surface area contributed by atoms with E-state index in [1.54, 1.807) is 0 Å². The van der Waals surface area contributed by atoms with Crippen LogP contribution in [0, 0.1) is 51.8 Å². The third-order valence-corrected chi connectivity index (χ3v) is 15.3. The van der Waals surface area contributed by atoms with Gasteiger partial charge in [0.15, 0.2) is 0 Å². The molecule has 8 rings (SSSR count). The highest BCUT2D eigenvalue weighted by Crippen LogP contribution is 2.59. The Morgan fingerprint density at radius 1 is 0.830 bits per heavy atom. The van der Waals surface area contributed by atoms with Crippen molar-refractivity contribution >= 4 is 17.9 Å². The summed E-state index contributed by atoms with van der Waals surface area (Å²) in [6.45, 7) is 27.0. The van der Waals surface area contributed by atoms with Gasteiger partial charge in [-0.2, -0.15) is 0 Å². The number of allylic oxidation sites excluding steroid dienone is 1. The van der Waals surface area contributed by atoms with Crippen molar-refractivity contribution in [2.75, 3.05) is 0 Å². The van der Waals surface area contributed by atoms with Gasteiger partial charge in [0.05, 0.1) is 28.1 Å². The van der Waals surface area contributed by atoms with Gasteiger partial charge < -0.3 is 24.1 Å². The third kappa shape index (κ3) is 8.53. The molecule has 0 aromatic rings. The lowest BCUT2D eigenvalue weighted by molar-refractivity contribution is -0.225. The molecule has 7 aliphatic carbocycles. The molecular formula is C45H74O8. The van der Waals surface area contributed by atoms with E-state index in [1.807, 2.05) is 41.5 Å². The van der Waals surface area contributed by atoms with Crippen LogP contribution in [0.2, 0.25) is 0 Å². The van der Waals surface area contributed by atoms with E-state index < -0.39 is 16.4 Å². The van der Waals surface area contributed by atoms with Gasteiger partial charge in [0.25, 0.3) is 0 Å². The summed E-state index contributed by atoms with van der Waals surface area (Å²) in [6, 6.07) is 0. The molecule has 6 bridgehead atoms. The number of esters is 3.